The monoisotopic (exact) mass is 367 g/mol. The fraction of sp³-hybridized carbons (Fsp3) is 0.294. The zero-order chi connectivity index (χ0) is 18.1. The second-order valence-electron chi connectivity index (χ2n) is 5.76. The third-order valence-electron chi connectivity index (χ3n) is 3.72. The lowest BCUT2D eigenvalue weighted by molar-refractivity contribution is 0.597. The van der Waals surface area contributed by atoms with Crippen LogP contribution >= 0.6 is 0 Å². The summed E-state index contributed by atoms with van der Waals surface area (Å²) in [5.41, 5.74) is 2.66. The van der Waals surface area contributed by atoms with Gasteiger partial charge in [-0.2, -0.15) is 0 Å². The first-order valence-corrected chi connectivity index (χ1v) is 10.6. The van der Waals surface area contributed by atoms with Crippen molar-refractivity contribution >= 4 is 25.5 Å². The zero-order valence-electron chi connectivity index (χ0n) is 14.1. The molecule has 0 saturated carbocycles. The molecular formula is C17H21NO4S2. The average molecular weight is 367 g/mol. The van der Waals surface area contributed by atoms with Gasteiger partial charge in [-0.1, -0.05) is 24.6 Å². The summed E-state index contributed by atoms with van der Waals surface area (Å²) in [6.45, 7) is 6.99. The first-order chi connectivity index (χ1) is 11.1. The summed E-state index contributed by atoms with van der Waals surface area (Å²) >= 11 is 0. The number of nitrogens with one attached hydrogen (secondary N) is 1. The Labute approximate surface area is 143 Å². The van der Waals surface area contributed by atoms with E-state index < -0.39 is 19.9 Å². The number of rotatable bonds is 5. The maximum Gasteiger partial charge on any atom is 0.262 e. The van der Waals surface area contributed by atoms with Gasteiger partial charge in [0.15, 0.2) is 9.84 Å². The number of hydrogen-bond donors (Lipinski definition) is 1. The minimum absolute atomic E-state index is 0.000169. The molecule has 0 radical (unpaired) electrons. The third kappa shape index (κ3) is 3.79. The maximum absolute atomic E-state index is 12.7. The van der Waals surface area contributed by atoms with Gasteiger partial charge in [-0.15, -0.1) is 0 Å². The molecule has 0 heterocycles. The molecule has 0 saturated heterocycles. The molecule has 0 aliphatic carbocycles. The summed E-state index contributed by atoms with van der Waals surface area (Å²) in [7, 11) is -7.05. The van der Waals surface area contributed by atoms with Crippen LogP contribution in [0.15, 0.2) is 46.2 Å². The summed E-state index contributed by atoms with van der Waals surface area (Å²) in [5, 5.41) is 0. The quantitative estimate of drug-likeness (QED) is 0.880. The molecule has 0 unspecified atom stereocenters. The van der Waals surface area contributed by atoms with Gasteiger partial charge in [0.05, 0.1) is 15.5 Å². The molecule has 130 valence electrons. The van der Waals surface area contributed by atoms with Crippen LogP contribution in [0.1, 0.15) is 23.6 Å². The highest BCUT2D eigenvalue weighted by molar-refractivity contribution is 7.93. The van der Waals surface area contributed by atoms with Crippen molar-refractivity contribution in [2.24, 2.45) is 0 Å². The first-order valence-electron chi connectivity index (χ1n) is 7.50. The number of hydrogen-bond acceptors (Lipinski definition) is 4. The predicted molar refractivity (Wildman–Crippen MR) is 95.6 cm³/mol. The van der Waals surface area contributed by atoms with Crippen molar-refractivity contribution in [1.82, 2.24) is 0 Å². The van der Waals surface area contributed by atoms with Gasteiger partial charge < -0.3 is 0 Å². The van der Waals surface area contributed by atoms with Crippen molar-refractivity contribution in [3.05, 3.63) is 53.1 Å². The van der Waals surface area contributed by atoms with Gasteiger partial charge in [-0.05, 0) is 56.2 Å². The number of aryl methyl sites for hydroxylation is 3. The lowest BCUT2D eigenvalue weighted by atomic mass is 10.1. The van der Waals surface area contributed by atoms with Crippen molar-refractivity contribution in [2.45, 2.75) is 37.5 Å². The van der Waals surface area contributed by atoms with E-state index in [1.807, 2.05) is 19.1 Å². The van der Waals surface area contributed by atoms with E-state index in [4.69, 9.17) is 0 Å². The van der Waals surface area contributed by atoms with Crippen LogP contribution in [0.25, 0.3) is 0 Å². The van der Waals surface area contributed by atoms with Crippen LogP contribution in [0.2, 0.25) is 0 Å². The van der Waals surface area contributed by atoms with Crippen LogP contribution < -0.4 is 4.72 Å². The van der Waals surface area contributed by atoms with Crippen molar-refractivity contribution < 1.29 is 16.8 Å². The molecular weight excluding hydrogens is 346 g/mol. The number of anilines is 1. The van der Waals surface area contributed by atoms with Gasteiger partial charge in [-0.3, -0.25) is 4.72 Å². The second kappa shape index (κ2) is 6.57. The average Bonchev–Trinajstić information content (AvgIpc) is 2.45. The molecule has 0 spiro atoms. The highest BCUT2D eigenvalue weighted by atomic mass is 32.2. The first kappa shape index (κ1) is 18.5. The Morgan fingerprint density at radius 3 is 1.83 bits per heavy atom. The lowest BCUT2D eigenvalue weighted by Gasteiger charge is -2.14. The molecule has 0 aromatic heterocycles. The molecule has 0 fully saturated rings. The molecule has 0 bridgehead atoms. The summed E-state index contributed by atoms with van der Waals surface area (Å²) in [6.07, 6.45) is 0. The molecule has 0 aliphatic rings. The van der Waals surface area contributed by atoms with Crippen molar-refractivity contribution in [1.29, 1.82) is 0 Å². The van der Waals surface area contributed by atoms with E-state index in [1.54, 1.807) is 20.8 Å². The standard InChI is InChI=1S/C17H21NO4S2/c1-5-23(19,20)16-8-6-15(7-9-16)18-24(21,22)17-13(3)10-12(2)11-14(17)4/h6-11,18H,5H2,1-4H3. The van der Waals surface area contributed by atoms with Crippen LogP contribution in [0.5, 0.6) is 0 Å². The van der Waals surface area contributed by atoms with Crippen LogP contribution in [-0.2, 0) is 19.9 Å². The lowest BCUT2D eigenvalue weighted by Crippen LogP contribution is -2.16. The van der Waals surface area contributed by atoms with E-state index >= 15 is 0 Å². The third-order valence-corrected chi connectivity index (χ3v) is 7.16. The Hall–Kier alpha value is -1.86. The SMILES string of the molecule is CCS(=O)(=O)c1ccc(NS(=O)(=O)c2c(C)cc(C)cc2C)cc1. The van der Waals surface area contributed by atoms with Crippen LogP contribution in [-0.4, -0.2) is 22.6 Å². The van der Waals surface area contributed by atoms with Gasteiger partial charge in [-0.25, -0.2) is 16.8 Å². The van der Waals surface area contributed by atoms with Crippen LogP contribution in [0, 0.1) is 20.8 Å². The highest BCUT2D eigenvalue weighted by Crippen LogP contribution is 2.25. The minimum Gasteiger partial charge on any atom is -0.280 e. The van der Waals surface area contributed by atoms with E-state index in [9.17, 15) is 16.8 Å². The Morgan fingerprint density at radius 2 is 1.38 bits per heavy atom. The van der Waals surface area contributed by atoms with Crippen molar-refractivity contribution in [2.75, 3.05) is 10.5 Å². The molecule has 24 heavy (non-hydrogen) atoms. The van der Waals surface area contributed by atoms with Crippen molar-refractivity contribution in [3.63, 3.8) is 0 Å². The molecule has 5 nitrogen and oxygen atoms in total. The Balaban J connectivity index is 2.37. The van der Waals surface area contributed by atoms with Crippen molar-refractivity contribution in [3.8, 4) is 0 Å². The molecule has 2 aromatic rings. The van der Waals surface area contributed by atoms with Gasteiger partial charge in [0.2, 0.25) is 0 Å². The van der Waals surface area contributed by atoms with Crippen LogP contribution in [0.3, 0.4) is 0 Å². The molecule has 1 N–H and O–H groups in total. The molecule has 0 aliphatic heterocycles. The van der Waals surface area contributed by atoms with Crippen LogP contribution in [0.4, 0.5) is 5.69 Å². The maximum atomic E-state index is 12.7. The van der Waals surface area contributed by atoms with E-state index in [0.717, 1.165) is 5.56 Å². The summed E-state index contributed by atoms with van der Waals surface area (Å²) in [6, 6.07) is 9.37. The van der Waals surface area contributed by atoms with Gasteiger partial charge >= 0.3 is 0 Å². The zero-order valence-corrected chi connectivity index (χ0v) is 15.8. The fourth-order valence-corrected chi connectivity index (χ4v) is 5.09. The molecule has 7 heteroatoms. The van der Waals surface area contributed by atoms with E-state index in [2.05, 4.69) is 4.72 Å². The summed E-state index contributed by atoms with van der Waals surface area (Å²) in [4.78, 5) is 0.425. The Morgan fingerprint density at radius 1 is 0.875 bits per heavy atom. The van der Waals surface area contributed by atoms with Gasteiger partial charge in [0.25, 0.3) is 10.0 Å². The fourth-order valence-electron chi connectivity index (χ4n) is 2.69. The number of sulfone groups is 1. The van der Waals surface area contributed by atoms with E-state index in [-0.39, 0.29) is 15.5 Å². The second-order valence-corrected chi connectivity index (χ2v) is 9.66. The number of benzene rings is 2. The Bertz CT molecular complexity index is 937. The normalized spacial score (nSPS) is 12.2. The summed E-state index contributed by atoms with van der Waals surface area (Å²) in [5.74, 6) is -0.000169. The molecule has 0 amide bonds. The molecule has 0 atom stereocenters. The highest BCUT2D eigenvalue weighted by Gasteiger charge is 2.20. The molecule has 2 rings (SSSR count). The largest absolute Gasteiger partial charge is 0.280 e. The van der Waals surface area contributed by atoms with E-state index in [0.29, 0.717) is 16.8 Å². The van der Waals surface area contributed by atoms with Gasteiger partial charge in [0, 0.05) is 5.69 Å². The molecule has 2 aromatic carbocycles. The Kier molecular flexibility index (Phi) is 5.05. The minimum atomic E-state index is -3.74. The topological polar surface area (TPSA) is 80.3 Å². The summed E-state index contributed by atoms with van der Waals surface area (Å²) < 4.78 is 51.4. The predicted octanol–water partition coefficient (Wildman–Crippen LogP) is 3.21. The van der Waals surface area contributed by atoms with Gasteiger partial charge in [0.1, 0.15) is 0 Å². The smallest absolute Gasteiger partial charge is 0.262 e. The van der Waals surface area contributed by atoms with E-state index in [1.165, 1.54) is 24.3 Å². The number of sulfonamides is 1.